The first-order valence-corrected chi connectivity index (χ1v) is 5.09. The Morgan fingerprint density at radius 2 is 0.636 bits per heavy atom. The highest BCUT2D eigenvalue weighted by molar-refractivity contribution is 5.72. The summed E-state index contributed by atoms with van der Waals surface area (Å²) in [4.78, 5) is 45.4. The summed E-state index contributed by atoms with van der Waals surface area (Å²) in [6, 6.07) is 0. The highest BCUT2D eigenvalue weighted by atomic mass is 16.4. The Kier molecular flexibility index (Phi) is 33.6. The molecule has 12 nitrogen and oxygen atoms in total. The first-order chi connectivity index (χ1) is 9.57. The molecule has 0 rings (SSSR count). The highest BCUT2D eigenvalue weighted by Crippen LogP contribution is 1.56. The molecule has 0 aliphatic rings. The number of hydrogen-bond acceptors (Lipinski definition) is 7. The molecule has 0 aliphatic heterocycles. The fraction of sp³-hybridized carbons (Fsp3) is 0.500. The van der Waals surface area contributed by atoms with Crippen molar-refractivity contribution in [2.45, 2.75) is 33.9 Å². The fourth-order valence-corrected chi connectivity index (χ4v) is 0. The lowest BCUT2D eigenvalue weighted by atomic mass is 10.6. The molecular formula is C10H22N2O10. The van der Waals surface area contributed by atoms with Gasteiger partial charge in [-0.05, 0) is 0 Å². The van der Waals surface area contributed by atoms with Gasteiger partial charge in [-0.3, -0.25) is 19.2 Å². The first kappa shape index (κ1) is 31.6. The van der Waals surface area contributed by atoms with Gasteiger partial charge in [0.25, 0.3) is 23.9 Å². The van der Waals surface area contributed by atoms with Crippen molar-refractivity contribution in [3.05, 3.63) is 0 Å². The number of aliphatic carboxylic acids is 5. The van der Waals surface area contributed by atoms with Crippen LogP contribution in [0.25, 0.3) is 0 Å². The minimum Gasteiger partial charge on any atom is -0.481 e. The maximum absolute atomic E-state index is 9.45. The molecule has 9 N–H and O–H groups in total. The van der Waals surface area contributed by atoms with Gasteiger partial charge in [-0.25, -0.2) is 4.79 Å². The van der Waals surface area contributed by atoms with Gasteiger partial charge >= 0.3 is 5.97 Å². The smallest absolute Gasteiger partial charge is 0.335 e. The average molecular weight is 330 g/mol. The van der Waals surface area contributed by atoms with E-state index in [1.165, 1.54) is 0 Å². The molecular weight excluding hydrogens is 308 g/mol. The Morgan fingerprint density at radius 3 is 0.636 bits per heavy atom. The van der Waals surface area contributed by atoms with Gasteiger partial charge in [-0.1, -0.05) is 0 Å². The molecule has 0 radical (unpaired) electrons. The summed E-state index contributed by atoms with van der Waals surface area (Å²) in [6.07, 6.45) is -1.23. The first-order valence-electron chi connectivity index (χ1n) is 5.09. The normalized spacial score (nSPS) is 7.05. The minimum absolute atomic E-state index is 0.833. The van der Waals surface area contributed by atoms with Crippen molar-refractivity contribution in [3.63, 3.8) is 0 Å². The number of carboxylic acids is 5. The summed E-state index contributed by atoms with van der Waals surface area (Å²) in [6.45, 7) is 4.33. The molecule has 0 fully saturated rings. The van der Waals surface area contributed by atoms with E-state index in [-0.39, 0.29) is 0 Å². The van der Waals surface area contributed by atoms with E-state index in [4.69, 9.17) is 44.7 Å². The molecule has 0 saturated heterocycles. The highest BCUT2D eigenvalue weighted by Gasteiger charge is 1.99. The second-order valence-corrected chi connectivity index (χ2v) is 2.94. The fourth-order valence-electron chi connectivity index (χ4n) is 0. The Labute approximate surface area is 126 Å². The van der Waals surface area contributed by atoms with Gasteiger partial charge in [0.15, 0.2) is 6.17 Å². The van der Waals surface area contributed by atoms with Crippen molar-refractivity contribution in [2.24, 2.45) is 11.5 Å². The van der Waals surface area contributed by atoms with Crippen LogP contribution in [-0.4, -0.2) is 61.5 Å². The van der Waals surface area contributed by atoms with Crippen molar-refractivity contribution in [1.82, 2.24) is 0 Å². The largest absolute Gasteiger partial charge is 0.481 e. The Morgan fingerprint density at radius 1 is 0.591 bits per heavy atom. The quantitative estimate of drug-likeness (QED) is 0.277. The van der Waals surface area contributed by atoms with E-state index in [2.05, 4.69) is 11.5 Å². The maximum Gasteiger partial charge on any atom is 0.335 e. The molecule has 0 heterocycles. The third-order valence-electron chi connectivity index (χ3n) is 0.285. The minimum atomic E-state index is -1.23. The number of rotatable bonds is 1. The van der Waals surface area contributed by atoms with Gasteiger partial charge < -0.3 is 37.0 Å². The molecule has 0 aromatic carbocycles. The van der Waals surface area contributed by atoms with Gasteiger partial charge in [0.2, 0.25) is 0 Å². The van der Waals surface area contributed by atoms with E-state index in [0.717, 1.165) is 27.7 Å². The van der Waals surface area contributed by atoms with E-state index in [0.29, 0.717) is 0 Å². The number of nitrogens with two attached hydrogens (primary N) is 2. The topological polar surface area (TPSA) is 239 Å². The monoisotopic (exact) mass is 330 g/mol. The van der Waals surface area contributed by atoms with Crippen LogP contribution in [0.5, 0.6) is 0 Å². The van der Waals surface area contributed by atoms with Crippen molar-refractivity contribution in [1.29, 1.82) is 0 Å². The molecule has 12 heteroatoms. The molecule has 0 aromatic heterocycles. The third kappa shape index (κ3) is 2830. The van der Waals surface area contributed by atoms with Crippen LogP contribution in [0.2, 0.25) is 0 Å². The van der Waals surface area contributed by atoms with Crippen molar-refractivity contribution in [2.75, 3.05) is 0 Å². The molecule has 0 bridgehead atoms. The molecule has 0 amide bonds. The summed E-state index contributed by atoms with van der Waals surface area (Å²) in [5, 5.41) is 37.4. The van der Waals surface area contributed by atoms with E-state index < -0.39 is 36.0 Å². The van der Waals surface area contributed by atoms with Gasteiger partial charge in [0, 0.05) is 27.7 Å². The Bertz CT molecular complexity index is 277. The van der Waals surface area contributed by atoms with Crippen LogP contribution in [0, 0.1) is 0 Å². The van der Waals surface area contributed by atoms with Crippen LogP contribution in [0.1, 0.15) is 27.7 Å². The van der Waals surface area contributed by atoms with E-state index in [9.17, 15) is 4.79 Å². The predicted molar refractivity (Wildman–Crippen MR) is 73.0 cm³/mol. The lowest BCUT2D eigenvalue weighted by Crippen LogP contribution is -2.38. The Hall–Kier alpha value is -2.73. The predicted octanol–water partition coefficient (Wildman–Crippen LogP) is -1.32. The molecule has 0 atom stereocenters. The van der Waals surface area contributed by atoms with Crippen LogP contribution >= 0.6 is 0 Å². The second-order valence-electron chi connectivity index (χ2n) is 2.94. The molecule has 0 aliphatic carbocycles. The molecule has 0 unspecified atom stereocenters. The molecule has 132 valence electrons. The van der Waals surface area contributed by atoms with E-state index in [1.54, 1.807) is 0 Å². The summed E-state index contributed by atoms with van der Waals surface area (Å²) in [5.41, 5.74) is 9.23. The number of carbonyl (C=O) groups is 5. The van der Waals surface area contributed by atoms with E-state index in [1.807, 2.05) is 0 Å². The zero-order valence-corrected chi connectivity index (χ0v) is 12.5. The zero-order chi connectivity index (χ0) is 19.5. The summed E-state index contributed by atoms with van der Waals surface area (Å²) < 4.78 is 0. The number of carboxylic acid groups (broad SMARTS) is 5. The van der Waals surface area contributed by atoms with Gasteiger partial charge in [-0.15, -0.1) is 0 Å². The SMILES string of the molecule is CC(=O)O.CC(=O)O.CC(=O)O.CC(=O)O.NC(N)C(=O)O. The molecule has 0 spiro atoms. The molecule has 0 saturated carbocycles. The summed E-state index contributed by atoms with van der Waals surface area (Å²) >= 11 is 0. The third-order valence-corrected chi connectivity index (χ3v) is 0.285. The van der Waals surface area contributed by atoms with Gasteiger partial charge in [-0.2, -0.15) is 0 Å². The second kappa shape index (κ2) is 23.4. The zero-order valence-electron chi connectivity index (χ0n) is 12.5. The maximum atomic E-state index is 9.45. The van der Waals surface area contributed by atoms with Crippen LogP contribution < -0.4 is 11.5 Å². The van der Waals surface area contributed by atoms with Crippen molar-refractivity contribution >= 4 is 29.8 Å². The summed E-state index contributed by atoms with van der Waals surface area (Å²) in [5.74, 6) is -4.52. The van der Waals surface area contributed by atoms with Gasteiger partial charge in [0.05, 0.1) is 0 Å². The van der Waals surface area contributed by atoms with Crippen LogP contribution in [0.4, 0.5) is 0 Å². The number of hydrogen-bond donors (Lipinski definition) is 7. The van der Waals surface area contributed by atoms with Crippen LogP contribution in [0.15, 0.2) is 0 Å². The summed E-state index contributed by atoms with van der Waals surface area (Å²) in [7, 11) is 0. The van der Waals surface area contributed by atoms with E-state index >= 15 is 0 Å². The standard InChI is InChI=1S/C2H6N2O2.4C2H4O2/c3-1(4)2(5)6;4*1-2(3)4/h1H,3-4H2,(H,5,6);4*1H3,(H,3,4). The van der Waals surface area contributed by atoms with Crippen molar-refractivity contribution in [3.8, 4) is 0 Å². The van der Waals surface area contributed by atoms with Gasteiger partial charge in [0.1, 0.15) is 0 Å². The Balaban J connectivity index is -0.0000000555. The lowest BCUT2D eigenvalue weighted by molar-refractivity contribution is -0.138. The van der Waals surface area contributed by atoms with Crippen LogP contribution in [-0.2, 0) is 24.0 Å². The molecule has 0 aromatic rings. The molecule has 22 heavy (non-hydrogen) atoms. The average Bonchev–Trinajstić information content (AvgIpc) is 2.12. The van der Waals surface area contributed by atoms with Crippen molar-refractivity contribution < 1.29 is 49.5 Å². The van der Waals surface area contributed by atoms with Crippen LogP contribution in [0.3, 0.4) is 0 Å². The lowest BCUT2D eigenvalue weighted by Gasteiger charge is -1.90.